The maximum Gasteiger partial charge on any atom is 0.229 e. The third-order valence-corrected chi connectivity index (χ3v) is 3.57. The number of carbonyl (C=O) groups excluding carboxylic acids is 1. The van der Waals surface area contributed by atoms with Crippen LogP contribution < -0.4 is 10.6 Å². The van der Waals surface area contributed by atoms with Gasteiger partial charge in [-0.05, 0) is 44.3 Å². The van der Waals surface area contributed by atoms with Gasteiger partial charge in [0.15, 0.2) is 0 Å². The van der Waals surface area contributed by atoms with Gasteiger partial charge in [-0.3, -0.25) is 4.79 Å². The Morgan fingerprint density at radius 2 is 2.00 bits per heavy atom. The van der Waals surface area contributed by atoms with Gasteiger partial charge in [-0.2, -0.15) is 0 Å². The van der Waals surface area contributed by atoms with Crippen molar-refractivity contribution < 1.29 is 4.79 Å². The molecule has 0 saturated carbocycles. The summed E-state index contributed by atoms with van der Waals surface area (Å²) >= 11 is 0. The van der Waals surface area contributed by atoms with Gasteiger partial charge in [-0.1, -0.05) is 19.1 Å². The van der Waals surface area contributed by atoms with Crippen molar-refractivity contribution >= 4 is 11.6 Å². The van der Waals surface area contributed by atoms with Gasteiger partial charge < -0.3 is 15.5 Å². The van der Waals surface area contributed by atoms with E-state index in [0.717, 1.165) is 25.3 Å². The predicted molar refractivity (Wildman–Crippen MR) is 78.0 cm³/mol. The molecule has 1 aliphatic rings. The fourth-order valence-corrected chi connectivity index (χ4v) is 2.45. The first-order chi connectivity index (χ1) is 9.06. The molecule has 0 radical (unpaired) electrons. The van der Waals surface area contributed by atoms with Crippen LogP contribution in [0.5, 0.6) is 0 Å². The molecule has 2 N–H and O–H groups in total. The summed E-state index contributed by atoms with van der Waals surface area (Å²) < 4.78 is 0. The summed E-state index contributed by atoms with van der Waals surface area (Å²) in [4.78, 5) is 14.3. The number of nitrogens with one attached hydrogen (secondary N) is 2. The van der Waals surface area contributed by atoms with Crippen LogP contribution in [-0.2, 0) is 11.3 Å². The van der Waals surface area contributed by atoms with E-state index in [1.807, 2.05) is 26.2 Å². The zero-order valence-electron chi connectivity index (χ0n) is 11.9. The number of nitrogens with zero attached hydrogens (tertiary/aromatic N) is 1. The van der Waals surface area contributed by atoms with E-state index >= 15 is 0 Å². The van der Waals surface area contributed by atoms with Crippen LogP contribution >= 0.6 is 0 Å². The Hall–Kier alpha value is -1.39. The van der Waals surface area contributed by atoms with E-state index in [9.17, 15) is 4.79 Å². The lowest BCUT2D eigenvalue weighted by atomic mass is 9.97. The van der Waals surface area contributed by atoms with Gasteiger partial charge >= 0.3 is 0 Å². The SMILES string of the molecule is C[C@@H]1CNC[C@H]1C(=O)Nc1ccc(CN(C)C)cc1. The summed E-state index contributed by atoms with van der Waals surface area (Å²) in [7, 11) is 4.09. The molecule has 0 unspecified atom stereocenters. The van der Waals surface area contributed by atoms with E-state index in [1.165, 1.54) is 5.56 Å². The number of hydrogen-bond donors (Lipinski definition) is 2. The Bertz CT molecular complexity index is 428. The predicted octanol–water partition coefficient (Wildman–Crippen LogP) is 1.54. The van der Waals surface area contributed by atoms with Crippen LogP contribution in [0.3, 0.4) is 0 Å². The summed E-state index contributed by atoms with van der Waals surface area (Å²) in [5.74, 6) is 0.618. The third kappa shape index (κ3) is 3.78. The molecule has 1 amide bonds. The summed E-state index contributed by atoms with van der Waals surface area (Å²) in [5.41, 5.74) is 2.13. The monoisotopic (exact) mass is 261 g/mol. The van der Waals surface area contributed by atoms with Crippen molar-refractivity contribution in [2.45, 2.75) is 13.5 Å². The quantitative estimate of drug-likeness (QED) is 0.864. The maximum absolute atomic E-state index is 12.1. The number of benzene rings is 1. The largest absolute Gasteiger partial charge is 0.326 e. The number of hydrogen-bond acceptors (Lipinski definition) is 3. The third-order valence-electron chi connectivity index (χ3n) is 3.57. The molecule has 1 aromatic rings. The topological polar surface area (TPSA) is 44.4 Å². The molecule has 1 heterocycles. The zero-order valence-corrected chi connectivity index (χ0v) is 11.9. The highest BCUT2D eigenvalue weighted by Crippen LogP contribution is 2.19. The van der Waals surface area contributed by atoms with Gasteiger partial charge in [0.05, 0.1) is 5.92 Å². The van der Waals surface area contributed by atoms with Crippen molar-refractivity contribution in [2.75, 3.05) is 32.5 Å². The first kappa shape index (κ1) is 14.0. The lowest BCUT2D eigenvalue weighted by Gasteiger charge is -2.15. The molecule has 1 fully saturated rings. The van der Waals surface area contributed by atoms with Crippen LogP contribution in [0.15, 0.2) is 24.3 Å². The minimum absolute atomic E-state index is 0.0847. The molecule has 0 bridgehead atoms. The summed E-state index contributed by atoms with van der Waals surface area (Å²) in [6, 6.07) is 8.07. The van der Waals surface area contributed by atoms with Crippen LogP contribution in [0.2, 0.25) is 0 Å². The lowest BCUT2D eigenvalue weighted by molar-refractivity contribution is -0.120. The van der Waals surface area contributed by atoms with Crippen molar-refractivity contribution in [1.29, 1.82) is 0 Å². The normalized spacial score (nSPS) is 22.7. The highest BCUT2D eigenvalue weighted by atomic mass is 16.1. The number of rotatable bonds is 4. The Labute approximate surface area is 115 Å². The Morgan fingerprint density at radius 3 is 2.53 bits per heavy atom. The molecule has 0 aromatic heterocycles. The molecule has 2 rings (SSSR count). The second-order valence-corrected chi connectivity index (χ2v) is 5.67. The molecule has 1 aliphatic heterocycles. The van der Waals surface area contributed by atoms with Gasteiger partial charge in [-0.25, -0.2) is 0 Å². The van der Waals surface area contributed by atoms with Gasteiger partial charge in [0.25, 0.3) is 0 Å². The van der Waals surface area contributed by atoms with Crippen LogP contribution in [0.25, 0.3) is 0 Å². The molecular formula is C15H23N3O. The van der Waals surface area contributed by atoms with E-state index in [4.69, 9.17) is 0 Å². The number of carbonyl (C=O) groups is 1. The lowest BCUT2D eigenvalue weighted by Crippen LogP contribution is -2.27. The van der Waals surface area contributed by atoms with E-state index in [1.54, 1.807) is 0 Å². The van der Waals surface area contributed by atoms with E-state index in [-0.39, 0.29) is 11.8 Å². The van der Waals surface area contributed by atoms with Crippen molar-refractivity contribution in [3.63, 3.8) is 0 Å². The van der Waals surface area contributed by atoms with Crippen molar-refractivity contribution in [3.05, 3.63) is 29.8 Å². The highest BCUT2D eigenvalue weighted by Gasteiger charge is 2.29. The van der Waals surface area contributed by atoms with Gasteiger partial charge in [0, 0.05) is 18.8 Å². The average Bonchev–Trinajstić information content (AvgIpc) is 2.77. The highest BCUT2D eigenvalue weighted by molar-refractivity contribution is 5.93. The van der Waals surface area contributed by atoms with Crippen LogP contribution in [0.1, 0.15) is 12.5 Å². The minimum atomic E-state index is 0.0847. The van der Waals surface area contributed by atoms with E-state index in [2.05, 4.69) is 34.6 Å². The average molecular weight is 261 g/mol. The molecule has 4 nitrogen and oxygen atoms in total. The first-order valence-electron chi connectivity index (χ1n) is 6.81. The summed E-state index contributed by atoms with van der Waals surface area (Å²) in [5, 5.41) is 6.26. The Morgan fingerprint density at radius 1 is 1.32 bits per heavy atom. The standard InChI is InChI=1S/C15H23N3O/c1-11-8-16-9-14(11)15(19)17-13-6-4-12(5-7-13)10-18(2)3/h4-7,11,14,16H,8-10H2,1-3H3,(H,17,19)/t11-,14-/m1/s1. The molecular weight excluding hydrogens is 238 g/mol. The van der Waals surface area contributed by atoms with Gasteiger partial charge in [0.1, 0.15) is 0 Å². The van der Waals surface area contributed by atoms with Crippen LogP contribution in [0.4, 0.5) is 5.69 Å². The van der Waals surface area contributed by atoms with Crippen molar-refractivity contribution in [1.82, 2.24) is 10.2 Å². The van der Waals surface area contributed by atoms with Crippen LogP contribution in [-0.4, -0.2) is 38.0 Å². The molecule has 1 aromatic carbocycles. The van der Waals surface area contributed by atoms with Gasteiger partial charge in [-0.15, -0.1) is 0 Å². The zero-order chi connectivity index (χ0) is 13.8. The van der Waals surface area contributed by atoms with Crippen molar-refractivity contribution in [2.24, 2.45) is 11.8 Å². The Balaban J connectivity index is 1.93. The molecule has 1 saturated heterocycles. The van der Waals surface area contributed by atoms with Crippen molar-refractivity contribution in [3.8, 4) is 0 Å². The maximum atomic E-state index is 12.1. The fourth-order valence-electron chi connectivity index (χ4n) is 2.45. The van der Waals surface area contributed by atoms with Gasteiger partial charge in [0.2, 0.25) is 5.91 Å². The molecule has 2 atom stereocenters. The fraction of sp³-hybridized carbons (Fsp3) is 0.533. The summed E-state index contributed by atoms with van der Waals surface area (Å²) in [6.07, 6.45) is 0. The second-order valence-electron chi connectivity index (χ2n) is 5.67. The summed E-state index contributed by atoms with van der Waals surface area (Å²) in [6.45, 7) is 4.74. The van der Waals surface area contributed by atoms with Crippen LogP contribution in [0, 0.1) is 11.8 Å². The molecule has 104 valence electrons. The second kappa shape index (κ2) is 6.17. The number of amides is 1. The minimum Gasteiger partial charge on any atom is -0.326 e. The molecule has 0 aliphatic carbocycles. The molecule has 4 heteroatoms. The smallest absolute Gasteiger partial charge is 0.229 e. The molecule has 19 heavy (non-hydrogen) atoms. The Kier molecular flexibility index (Phi) is 4.56. The number of anilines is 1. The van der Waals surface area contributed by atoms with E-state index < -0.39 is 0 Å². The van der Waals surface area contributed by atoms with E-state index in [0.29, 0.717) is 5.92 Å². The molecule has 0 spiro atoms. The first-order valence-corrected chi connectivity index (χ1v) is 6.81.